The van der Waals surface area contributed by atoms with E-state index in [9.17, 15) is 14.4 Å². The number of nitrogens with zero attached hydrogens (tertiary/aromatic N) is 1. The number of aliphatic carboxylic acids is 1. The molecule has 3 N–H and O–H groups in total. The quantitative estimate of drug-likeness (QED) is 0.290. The maximum atomic E-state index is 12.3. The molecule has 7 nitrogen and oxygen atoms in total. The highest BCUT2D eigenvalue weighted by Crippen LogP contribution is 2.27. The third-order valence-corrected chi connectivity index (χ3v) is 6.02. The van der Waals surface area contributed by atoms with E-state index in [1.807, 2.05) is 35.7 Å². The predicted octanol–water partition coefficient (Wildman–Crippen LogP) is 4.88. The van der Waals surface area contributed by atoms with E-state index in [-0.39, 0.29) is 11.7 Å². The van der Waals surface area contributed by atoms with Crippen LogP contribution in [0.4, 0.5) is 10.8 Å². The highest BCUT2D eigenvalue weighted by Gasteiger charge is 2.09. The van der Waals surface area contributed by atoms with Gasteiger partial charge in [-0.05, 0) is 30.3 Å². The van der Waals surface area contributed by atoms with E-state index < -0.39 is 11.9 Å². The maximum Gasteiger partial charge on any atom is 0.328 e. The maximum absolute atomic E-state index is 12.3. The van der Waals surface area contributed by atoms with E-state index in [2.05, 4.69) is 31.5 Å². The average molecular weight is 518 g/mol. The van der Waals surface area contributed by atoms with Gasteiger partial charge >= 0.3 is 5.97 Å². The number of carbonyl (C=O) groups is 3. The fourth-order valence-electron chi connectivity index (χ4n) is 2.38. The number of halogens is 1. The van der Waals surface area contributed by atoms with Crippen LogP contribution in [0.15, 0.2) is 75.4 Å². The number of carbonyl (C=O) groups excluding carboxylic acids is 2. The molecule has 2 aromatic carbocycles. The summed E-state index contributed by atoms with van der Waals surface area (Å²) >= 11 is 6.06. The molecule has 1 heterocycles. The number of thioether (sulfide) groups is 1. The van der Waals surface area contributed by atoms with Gasteiger partial charge in [0.05, 0.1) is 11.4 Å². The number of thiazole rings is 1. The van der Waals surface area contributed by atoms with Crippen LogP contribution >= 0.6 is 39.0 Å². The van der Waals surface area contributed by atoms with Crippen molar-refractivity contribution in [2.24, 2.45) is 0 Å². The van der Waals surface area contributed by atoms with Gasteiger partial charge in [-0.1, -0.05) is 34.1 Å². The van der Waals surface area contributed by atoms with Gasteiger partial charge in [-0.25, -0.2) is 9.78 Å². The molecule has 3 aromatic rings. The Hall–Kier alpha value is -2.95. The van der Waals surface area contributed by atoms with E-state index in [4.69, 9.17) is 5.11 Å². The number of carboxylic acid groups (broad SMARTS) is 1. The van der Waals surface area contributed by atoms with Gasteiger partial charge in [0.2, 0.25) is 11.8 Å². The number of nitrogens with one attached hydrogen (secondary N) is 2. The van der Waals surface area contributed by atoms with Crippen molar-refractivity contribution < 1.29 is 19.5 Å². The van der Waals surface area contributed by atoms with Crippen LogP contribution < -0.4 is 10.6 Å². The topological polar surface area (TPSA) is 108 Å². The van der Waals surface area contributed by atoms with Crippen molar-refractivity contribution in [1.29, 1.82) is 0 Å². The van der Waals surface area contributed by atoms with Crippen LogP contribution in [0.1, 0.15) is 0 Å². The Morgan fingerprint density at radius 3 is 2.61 bits per heavy atom. The van der Waals surface area contributed by atoms with Crippen LogP contribution in [0, 0.1) is 0 Å². The Labute approximate surface area is 194 Å². The number of hydrogen-bond donors (Lipinski definition) is 3. The number of benzene rings is 2. The predicted molar refractivity (Wildman–Crippen MR) is 126 cm³/mol. The summed E-state index contributed by atoms with van der Waals surface area (Å²) in [4.78, 5) is 39.7. The van der Waals surface area contributed by atoms with Gasteiger partial charge in [0.1, 0.15) is 0 Å². The third-order valence-electron chi connectivity index (χ3n) is 3.74. The van der Waals surface area contributed by atoms with Crippen molar-refractivity contribution in [2.45, 2.75) is 4.90 Å². The minimum atomic E-state index is -1.20. The van der Waals surface area contributed by atoms with Crippen molar-refractivity contribution >= 4 is 67.6 Å². The van der Waals surface area contributed by atoms with Gasteiger partial charge in [0, 0.05) is 38.2 Å². The van der Waals surface area contributed by atoms with E-state index in [0.717, 1.165) is 32.8 Å². The van der Waals surface area contributed by atoms with Gasteiger partial charge in [-0.3, -0.25) is 9.59 Å². The molecule has 0 aliphatic carbocycles. The fourth-order valence-corrected chi connectivity index (χ4v) is 4.14. The number of anilines is 2. The largest absolute Gasteiger partial charge is 0.478 e. The lowest BCUT2D eigenvalue weighted by Crippen LogP contribution is -2.13. The second kappa shape index (κ2) is 10.9. The first-order valence-electron chi connectivity index (χ1n) is 8.85. The molecule has 10 heteroatoms. The van der Waals surface area contributed by atoms with Crippen LogP contribution in [-0.4, -0.2) is 33.6 Å². The first-order chi connectivity index (χ1) is 14.9. The molecule has 31 heavy (non-hydrogen) atoms. The van der Waals surface area contributed by atoms with E-state index in [0.29, 0.717) is 10.8 Å². The lowest BCUT2D eigenvalue weighted by atomic mass is 10.2. The molecule has 0 saturated heterocycles. The highest BCUT2D eigenvalue weighted by molar-refractivity contribution is 9.10. The van der Waals surface area contributed by atoms with Crippen molar-refractivity contribution in [3.8, 4) is 11.3 Å². The standard InChI is InChI=1S/C21H16BrN3O4S2/c22-14-6-4-13(5-7-14)17-11-31-21(24-17)25-19(27)12-30-16-3-1-2-15(10-16)23-18(26)8-9-20(28)29/h1-11H,12H2,(H,23,26)(H,28,29)(H,24,25,27)/b9-8+. The SMILES string of the molecule is O=C(O)/C=C/C(=O)Nc1cccc(SCC(=O)Nc2nc(-c3ccc(Br)cc3)cs2)c1. The summed E-state index contributed by atoms with van der Waals surface area (Å²) in [7, 11) is 0. The average Bonchev–Trinajstić information content (AvgIpc) is 3.20. The molecule has 0 fully saturated rings. The van der Waals surface area contributed by atoms with E-state index in [1.165, 1.54) is 23.1 Å². The van der Waals surface area contributed by atoms with Gasteiger partial charge in [-0.2, -0.15) is 0 Å². The monoisotopic (exact) mass is 517 g/mol. The van der Waals surface area contributed by atoms with Crippen molar-refractivity contribution in [3.63, 3.8) is 0 Å². The molecular formula is C21H16BrN3O4S2. The molecule has 0 radical (unpaired) electrons. The highest BCUT2D eigenvalue weighted by atomic mass is 79.9. The van der Waals surface area contributed by atoms with Gasteiger partial charge in [-0.15, -0.1) is 23.1 Å². The molecule has 3 rings (SSSR count). The van der Waals surface area contributed by atoms with Gasteiger partial charge in [0.25, 0.3) is 0 Å². The first kappa shape index (κ1) is 22.7. The van der Waals surface area contributed by atoms with Crippen molar-refractivity contribution in [3.05, 3.63) is 70.5 Å². The van der Waals surface area contributed by atoms with Gasteiger partial charge < -0.3 is 15.7 Å². The molecule has 2 amide bonds. The molecule has 0 aliphatic heterocycles. The van der Waals surface area contributed by atoms with E-state index >= 15 is 0 Å². The van der Waals surface area contributed by atoms with Crippen LogP contribution in [0.3, 0.4) is 0 Å². The minimum Gasteiger partial charge on any atom is -0.478 e. The lowest BCUT2D eigenvalue weighted by Gasteiger charge is -2.06. The summed E-state index contributed by atoms with van der Waals surface area (Å²) in [5, 5.41) is 16.3. The Morgan fingerprint density at radius 1 is 1.10 bits per heavy atom. The Bertz CT molecular complexity index is 1130. The number of hydrogen-bond acceptors (Lipinski definition) is 6. The smallest absolute Gasteiger partial charge is 0.328 e. The summed E-state index contributed by atoms with van der Waals surface area (Å²) in [6.07, 6.45) is 1.70. The van der Waals surface area contributed by atoms with E-state index in [1.54, 1.807) is 18.2 Å². The second-order valence-electron chi connectivity index (χ2n) is 6.07. The molecule has 0 atom stereocenters. The summed E-state index contributed by atoms with van der Waals surface area (Å²) in [6, 6.07) is 14.7. The molecule has 0 spiro atoms. The Kier molecular flexibility index (Phi) is 7.99. The number of amides is 2. The Balaban J connectivity index is 1.52. The molecule has 0 unspecified atom stereocenters. The normalized spacial score (nSPS) is 10.7. The number of carboxylic acids is 1. The zero-order valence-electron chi connectivity index (χ0n) is 15.9. The summed E-state index contributed by atoms with van der Waals surface area (Å²) < 4.78 is 0.984. The lowest BCUT2D eigenvalue weighted by molar-refractivity contribution is -0.131. The second-order valence-corrected chi connectivity index (χ2v) is 8.89. The number of aromatic nitrogens is 1. The summed E-state index contributed by atoms with van der Waals surface area (Å²) in [5.74, 6) is -1.77. The Morgan fingerprint density at radius 2 is 1.87 bits per heavy atom. The number of rotatable bonds is 8. The fraction of sp³-hybridized carbons (Fsp3) is 0.0476. The van der Waals surface area contributed by atoms with Crippen LogP contribution in [-0.2, 0) is 14.4 Å². The zero-order valence-corrected chi connectivity index (χ0v) is 19.1. The molecule has 0 aliphatic rings. The summed E-state index contributed by atoms with van der Waals surface area (Å²) in [6.45, 7) is 0. The molecule has 0 saturated carbocycles. The molecular weight excluding hydrogens is 502 g/mol. The van der Waals surface area contributed by atoms with Crippen LogP contribution in [0.25, 0.3) is 11.3 Å². The first-order valence-corrected chi connectivity index (χ1v) is 11.5. The molecule has 1 aromatic heterocycles. The van der Waals surface area contributed by atoms with Crippen LogP contribution in [0.5, 0.6) is 0 Å². The van der Waals surface area contributed by atoms with Gasteiger partial charge in [0.15, 0.2) is 5.13 Å². The zero-order chi connectivity index (χ0) is 22.2. The van der Waals surface area contributed by atoms with Crippen LogP contribution in [0.2, 0.25) is 0 Å². The van der Waals surface area contributed by atoms with Crippen molar-refractivity contribution in [1.82, 2.24) is 4.98 Å². The molecule has 158 valence electrons. The van der Waals surface area contributed by atoms with Crippen molar-refractivity contribution in [2.75, 3.05) is 16.4 Å². The molecule has 0 bridgehead atoms. The minimum absolute atomic E-state index is 0.170. The third kappa shape index (κ3) is 7.35. The summed E-state index contributed by atoms with van der Waals surface area (Å²) in [5.41, 5.74) is 2.26.